The van der Waals surface area contributed by atoms with Gasteiger partial charge in [0, 0.05) is 34.5 Å². The molecule has 3 heterocycles. The summed E-state index contributed by atoms with van der Waals surface area (Å²) in [6.45, 7) is 17.5. The van der Waals surface area contributed by atoms with Crippen molar-refractivity contribution in [1.82, 2.24) is 19.3 Å². The van der Waals surface area contributed by atoms with Gasteiger partial charge in [0.15, 0.2) is 0 Å². The summed E-state index contributed by atoms with van der Waals surface area (Å²) in [7, 11) is 0. The molecule has 0 N–H and O–H groups in total. The average molecular weight is 826 g/mol. The van der Waals surface area contributed by atoms with E-state index in [0.29, 0.717) is 17.4 Å². The Labute approximate surface area is 304 Å². The number of hydrogen-bond donors (Lipinski definition) is 0. The first-order valence-electron chi connectivity index (χ1n) is 16.8. The number of nitrogens with zero attached hydrogens (tertiary/aromatic N) is 4. The normalized spacial score (nSPS) is 11.8. The first-order chi connectivity index (χ1) is 23.0. The zero-order chi connectivity index (χ0) is 33.7. The Balaban J connectivity index is 0.00000417. The number of rotatable bonds is 7. The molecule has 0 spiro atoms. The van der Waals surface area contributed by atoms with Gasteiger partial charge in [-0.05, 0) is 77.6 Å². The molecular weight excluding hydrogens is 784 g/mol. The smallest absolute Gasteiger partial charge is 0.509 e. The topological polar surface area (TPSA) is 44.9 Å². The molecule has 3 aromatic heterocycles. The van der Waals surface area contributed by atoms with E-state index in [1.165, 1.54) is 16.5 Å². The van der Waals surface area contributed by atoms with E-state index in [1.54, 1.807) is 0 Å². The molecule has 0 aliphatic heterocycles. The molecule has 0 saturated heterocycles. The number of fused-ring (bicyclic) bond motifs is 3. The Bertz CT molecular complexity index is 2290. The van der Waals surface area contributed by atoms with Gasteiger partial charge in [0.25, 0.3) is 0 Å². The average Bonchev–Trinajstić information content (AvgIpc) is 3.52. The fourth-order valence-corrected chi connectivity index (χ4v) is 6.72. The van der Waals surface area contributed by atoms with Crippen molar-refractivity contribution in [3.05, 3.63) is 131 Å². The van der Waals surface area contributed by atoms with Gasteiger partial charge in [-0.3, -0.25) is 4.68 Å². The monoisotopic (exact) mass is 825 g/mol. The largest absolute Gasteiger partial charge is 2.00 e. The SMILES string of the molecule is Cc1cc(Oc2[c-]c3c(cc2)c2cc(CC(C)C)ccc2n3-c2cc(C(C)(C)C)ccn2)[c-]c(-n2nc(C)c(-c3ccccc3)c2C)c1.[Pt+2]. The van der Waals surface area contributed by atoms with Crippen LogP contribution in [0.4, 0.5) is 0 Å². The molecule has 6 heteroatoms. The van der Waals surface area contributed by atoms with Crippen LogP contribution >= 0.6 is 0 Å². The van der Waals surface area contributed by atoms with Gasteiger partial charge in [-0.1, -0.05) is 89.5 Å². The Hall–Kier alpha value is -4.47. The molecule has 0 amide bonds. The van der Waals surface area contributed by atoms with Crippen LogP contribution in [-0.2, 0) is 32.9 Å². The van der Waals surface area contributed by atoms with E-state index in [2.05, 4.69) is 139 Å². The minimum atomic E-state index is -0.00902. The maximum atomic E-state index is 6.55. The van der Waals surface area contributed by atoms with Crippen molar-refractivity contribution in [3.63, 3.8) is 0 Å². The van der Waals surface area contributed by atoms with Crippen LogP contribution in [0.1, 0.15) is 62.7 Å². The zero-order valence-electron chi connectivity index (χ0n) is 29.5. The van der Waals surface area contributed by atoms with Gasteiger partial charge in [0.2, 0.25) is 0 Å². The van der Waals surface area contributed by atoms with Gasteiger partial charge < -0.3 is 9.30 Å². The van der Waals surface area contributed by atoms with Crippen LogP contribution in [-0.4, -0.2) is 19.3 Å². The van der Waals surface area contributed by atoms with E-state index in [0.717, 1.165) is 62.4 Å². The maximum Gasteiger partial charge on any atom is 2.00 e. The zero-order valence-corrected chi connectivity index (χ0v) is 31.7. The molecule has 0 fully saturated rings. The number of ether oxygens (including phenoxy) is 1. The first-order valence-corrected chi connectivity index (χ1v) is 16.8. The third-order valence-corrected chi connectivity index (χ3v) is 8.97. The summed E-state index contributed by atoms with van der Waals surface area (Å²) in [6, 6.07) is 36.9. The van der Waals surface area contributed by atoms with E-state index in [9.17, 15) is 0 Å². The van der Waals surface area contributed by atoms with Gasteiger partial charge in [-0.25, -0.2) is 4.98 Å². The predicted molar refractivity (Wildman–Crippen MR) is 197 cm³/mol. The molecule has 0 atom stereocenters. The van der Waals surface area contributed by atoms with Crippen LogP contribution in [0.5, 0.6) is 11.5 Å². The second kappa shape index (κ2) is 13.4. The summed E-state index contributed by atoms with van der Waals surface area (Å²) in [6.07, 6.45) is 2.94. The van der Waals surface area contributed by atoms with Gasteiger partial charge in [-0.2, -0.15) is 16.7 Å². The summed E-state index contributed by atoms with van der Waals surface area (Å²) >= 11 is 0. The number of hydrogen-bond acceptors (Lipinski definition) is 3. The third-order valence-electron chi connectivity index (χ3n) is 8.97. The van der Waals surface area contributed by atoms with Crippen LogP contribution in [0.15, 0.2) is 91.1 Å². The molecule has 0 aliphatic carbocycles. The van der Waals surface area contributed by atoms with Crippen LogP contribution < -0.4 is 4.74 Å². The summed E-state index contributed by atoms with van der Waals surface area (Å²) < 4.78 is 10.7. The van der Waals surface area contributed by atoms with Gasteiger partial charge in [0.05, 0.1) is 5.69 Å². The third kappa shape index (κ3) is 6.74. The Kier molecular flexibility index (Phi) is 9.44. The molecule has 0 aliphatic rings. The van der Waals surface area contributed by atoms with E-state index in [-0.39, 0.29) is 26.5 Å². The molecule has 250 valence electrons. The molecule has 49 heavy (non-hydrogen) atoms. The standard InChI is InChI=1S/C43H42N4O.Pt/c1-27(2)20-31-14-17-39-38(23-31)37-16-15-35(26-40(37)46(39)41-24-33(18-19-44-41)43(6,7)8)48-36-22-28(3)21-34(25-36)47-30(5)42(29(4)45-47)32-12-10-9-11-13-32;/h9-19,21-24,27H,20H2,1-8H3;/q-2;+2. The maximum absolute atomic E-state index is 6.55. The molecule has 7 rings (SSSR count). The Morgan fingerprint density at radius 3 is 2.33 bits per heavy atom. The van der Waals surface area contributed by atoms with Crippen molar-refractivity contribution in [2.45, 2.75) is 67.2 Å². The van der Waals surface area contributed by atoms with Gasteiger partial charge in [-0.15, -0.1) is 35.7 Å². The summed E-state index contributed by atoms with van der Waals surface area (Å²) in [5, 5.41) is 7.23. The van der Waals surface area contributed by atoms with E-state index in [1.807, 2.05) is 29.1 Å². The molecular formula is C43H42N4OPt. The second-order valence-electron chi connectivity index (χ2n) is 14.4. The van der Waals surface area contributed by atoms with Gasteiger partial charge in [0.1, 0.15) is 5.82 Å². The van der Waals surface area contributed by atoms with Crippen LogP contribution in [0.3, 0.4) is 0 Å². The molecule has 0 bridgehead atoms. The van der Waals surface area contributed by atoms with Crippen molar-refractivity contribution in [2.75, 3.05) is 0 Å². The number of aromatic nitrogens is 4. The minimum Gasteiger partial charge on any atom is -0.509 e. The molecule has 7 aromatic rings. The summed E-state index contributed by atoms with van der Waals surface area (Å²) in [5.74, 6) is 2.68. The number of aryl methyl sites for hydroxylation is 2. The molecule has 0 unspecified atom stereocenters. The van der Waals surface area contributed by atoms with Crippen molar-refractivity contribution in [3.8, 4) is 34.1 Å². The molecule has 0 saturated carbocycles. The predicted octanol–water partition coefficient (Wildman–Crippen LogP) is 10.8. The van der Waals surface area contributed by atoms with Crippen LogP contribution in [0.2, 0.25) is 0 Å². The molecule has 5 nitrogen and oxygen atoms in total. The Morgan fingerprint density at radius 1 is 0.816 bits per heavy atom. The van der Waals surface area contributed by atoms with Crippen molar-refractivity contribution >= 4 is 21.8 Å². The quantitative estimate of drug-likeness (QED) is 0.150. The number of pyridine rings is 1. The van der Waals surface area contributed by atoms with Crippen molar-refractivity contribution < 1.29 is 25.8 Å². The minimum absolute atomic E-state index is 0. The fraction of sp³-hybridized carbons (Fsp3) is 0.256. The molecule has 4 aromatic carbocycles. The van der Waals surface area contributed by atoms with E-state index < -0.39 is 0 Å². The first kappa shape index (κ1) is 34.4. The van der Waals surface area contributed by atoms with E-state index in [4.69, 9.17) is 14.8 Å². The van der Waals surface area contributed by atoms with Crippen LogP contribution in [0, 0.1) is 38.8 Å². The molecule has 0 radical (unpaired) electrons. The summed E-state index contributed by atoms with van der Waals surface area (Å²) in [5.41, 5.74) is 10.8. The van der Waals surface area contributed by atoms with Crippen LogP contribution in [0.25, 0.3) is 44.4 Å². The fourth-order valence-electron chi connectivity index (χ4n) is 6.72. The van der Waals surface area contributed by atoms with Gasteiger partial charge >= 0.3 is 21.1 Å². The van der Waals surface area contributed by atoms with E-state index >= 15 is 0 Å². The van der Waals surface area contributed by atoms with Crippen molar-refractivity contribution in [1.29, 1.82) is 0 Å². The Morgan fingerprint density at radius 2 is 1.59 bits per heavy atom. The second-order valence-corrected chi connectivity index (χ2v) is 14.4. The number of benzene rings is 4. The summed E-state index contributed by atoms with van der Waals surface area (Å²) in [4.78, 5) is 4.86. The van der Waals surface area contributed by atoms with Crippen molar-refractivity contribution in [2.24, 2.45) is 5.92 Å².